The minimum Gasteiger partial charge on any atom is -0.382 e. The Morgan fingerprint density at radius 2 is 1.73 bits per heavy atom. The van der Waals surface area contributed by atoms with Gasteiger partial charge in [0.1, 0.15) is 0 Å². The van der Waals surface area contributed by atoms with E-state index in [0.29, 0.717) is 0 Å². The van der Waals surface area contributed by atoms with Crippen molar-refractivity contribution < 1.29 is 0 Å². The minimum absolute atomic E-state index is 1.08. The normalized spacial score (nSPS) is 11.6. The molecule has 0 N–H and O–H groups in total. The Bertz CT molecular complexity index is 356. The molecule has 0 amide bonds. The van der Waals surface area contributed by atoms with Crippen LogP contribution < -0.4 is 5.19 Å². The number of hydrogen-bond acceptors (Lipinski definition) is 2. The Hall–Kier alpha value is -1.22. The topological polar surface area (TPSA) is 6.48 Å². The quantitative estimate of drug-likeness (QED) is 0.667. The third-order valence-electron chi connectivity index (χ3n) is 2.28. The van der Waals surface area contributed by atoms with E-state index in [4.69, 9.17) is 0 Å². The summed E-state index contributed by atoms with van der Waals surface area (Å²) < 4.78 is 0. The lowest BCUT2D eigenvalue weighted by atomic mass is 10.1. The molecule has 1 aromatic rings. The van der Waals surface area contributed by atoms with Gasteiger partial charge >= 0.3 is 0 Å². The minimum atomic E-state index is 1.08. The van der Waals surface area contributed by atoms with Crippen LogP contribution in [0.2, 0.25) is 0 Å². The Balaban J connectivity index is 3.17. The molecule has 0 aliphatic rings. The molecule has 0 aliphatic carbocycles. The number of hydrogen-bond donors (Lipinski definition) is 0. The molecule has 0 saturated heterocycles. The van der Waals surface area contributed by atoms with Gasteiger partial charge in [-0.2, -0.15) is 0 Å². The van der Waals surface area contributed by atoms with Crippen LogP contribution in [0, 0.1) is 0 Å². The largest absolute Gasteiger partial charge is 0.382 e. The van der Waals surface area contributed by atoms with Crippen LogP contribution in [0.1, 0.15) is 5.56 Å². The number of nitrogens with zero attached hydrogens (tertiary/aromatic N) is 2. The predicted octanol–water partition coefficient (Wildman–Crippen LogP) is 0.0989. The van der Waals surface area contributed by atoms with Gasteiger partial charge in [0.15, 0.2) is 0 Å². The van der Waals surface area contributed by atoms with Gasteiger partial charge in [-0.25, -0.2) is 0 Å². The van der Waals surface area contributed by atoms with Crippen molar-refractivity contribution in [1.82, 2.24) is 9.80 Å². The molecule has 2 nitrogen and oxygen atoms in total. The highest BCUT2D eigenvalue weighted by molar-refractivity contribution is 6.34. The molecular weight excluding hydrogens is 200 g/mol. The van der Waals surface area contributed by atoms with Gasteiger partial charge in [-0.3, -0.25) is 0 Å². The van der Waals surface area contributed by atoms with Gasteiger partial charge in [0, 0.05) is 44.6 Å². The van der Waals surface area contributed by atoms with E-state index in [1.54, 1.807) is 0 Å². The Labute approximate surface area is 95.6 Å². The third kappa shape index (κ3) is 3.13. The molecule has 0 unspecified atom stereocenters. The molecule has 15 heavy (non-hydrogen) atoms. The van der Waals surface area contributed by atoms with E-state index in [9.17, 15) is 0 Å². The van der Waals surface area contributed by atoms with Crippen molar-refractivity contribution in [2.24, 2.45) is 0 Å². The molecule has 1 rings (SSSR count). The lowest BCUT2D eigenvalue weighted by Crippen LogP contribution is -2.20. The van der Waals surface area contributed by atoms with Crippen LogP contribution >= 0.6 is 0 Å². The van der Waals surface area contributed by atoms with Crippen molar-refractivity contribution in [2.45, 2.75) is 0 Å². The summed E-state index contributed by atoms with van der Waals surface area (Å²) in [5.74, 6) is 0. The Morgan fingerprint density at radius 3 is 2.20 bits per heavy atom. The maximum absolute atomic E-state index is 2.20. The summed E-state index contributed by atoms with van der Waals surface area (Å²) in [7, 11) is 9.37. The number of benzene rings is 1. The summed E-state index contributed by atoms with van der Waals surface area (Å²) in [5, 5.41) is 1.44. The van der Waals surface area contributed by atoms with Gasteiger partial charge < -0.3 is 9.80 Å². The van der Waals surface area contributed by atoms with E-state index in [2.05, 4.69) is 68.5 Å². The highest BCUT2D eigenvalue weighted by Gasteiger charge is 2.06. The molecule has 0 saturated carbocycles. The maximum atomic E-state index is 2.20. The van der Waals surface area contributed by atoms with Gasteiger partial charge in [-0.05, 0) is 5.56 Å². The van der Waals surface area contributed by atoms with Crippen LogP contribution in [0.25, 0.3) is 5.70 Å². The van der Waals surface area contributed by atoms with E-state index in [-0.39, 0.29) is 0 Å². The van der Waals surface area contributed by atoms with Crippen molar-refractivity contribution in [2.75, 3.05) is 28.2 Å². The first kappa shape index (κ1) is 11.8. The summed E-state index contributed by atoms with van der Waals surface area (Å²) >= 11 is 0. The second kappa shape index (κ2) is 5.03. The van der Waals surface area contributed by atoms with E-state index in [1.165, 1.54) is 16.4 Å². The molecule has 0 aromatic heterocycles. The van der Waals surface area contributed by atoms with Crippen LogP contribution in [0.15, 0.2) is 30.5 Å². The van der Waals surface area contributed by atoms with Crippen molar-refractivity contribution >= 4 is 21.1 Å². The Kier molecular flexibility index (Phi) is 3.97. The molecule has 1 aromatic carbocycles. The van der Waals surface area contributed by atoms with Crippen molar-refractivity contribution in [3.05, 3.63) is 36.0 Å². The fourth-order valence-electron chi connectivity index (χ4n) is 1.53. The summed E-state index contributed by atoms with van der Waals surface area (Å²) in [6.45, 7) is 0. The molecule has 0 spiro atoms. The Morgan fingerprint density at radius 1 is 1.13 bits per heavy atom. The van der Waals surface area contributed by atoms with Gasteiger partial charge in [-0.15, -0.1) is 0 Å². The standard InChI is InChI=1S/C12H20N2Si/c1-13(2)9-11(14(3)4)10-7-5-6-8-12(10)15/h5-9H,1-4,15H3. The van der Waals surface area contributed by atoms with Crippen molar-refractivity contribution in [3.63, 3.8) is 0 Å². The third-order valence-corrected chi connectivity index (χ3v) is 3.16. The average molecular weight is 220 g/mol. The molecule has 0 fully saturated rings. The molecule has 3 heteroatoms. The highest BCUT2D eigenvalue weighted by Crippen LogP contribution is 2.14. The van der Waals surface area contributed by atoms with Gasteiger partial charge in [0.25, 0.3) is 0 Å². The summed E-state index contributed by atoms with van der Waals surface area (Å²) in [6, 6.07) is 8.60. The van der Waals surface area contributed by atoms with Crippen LogP contribution in [0.3, 0.4) is 0 Å². The smallest absolute Gasteiger partial charge is 0.0594 e. The average Bonchev–Trinajstić information content (AvgIpc) is 2.15. The summed E-state index contributed by atoms with van der Waals surface area (Å²) in [6.07, 6.45) is 2.16. The van der Waals surface area contributed by atoms with Crippen molar-refractivity contribution in [3.8, 4) is 0 Å². The highest BCUT2D eigenvalue weighted by atomic mass is 28.1. The number of rotatable bonds is 3. The predicted molar refractivity (Wildman–Crippen MR) is 71.4 cm³/mol. The van der Waals surface area contributed by atoms with E-state index < -0.39 is 0 Å². The zero-order chi connectivity index (χ0) is 11.4. The molecule has 0 heterocycles. The monoisotopic (exact) mass is 220 g/mol. The molecule has 0 radical (unpaired) electrons. The lowest BCUT2D eigenvalue weighted by Gasteiger charge is -2.21. The molecule has 0 aliphatic heterocycles. The summed E-state index contributed by atoms with van der Waals surface area (Å²) in [5.41, 5.74) is 2.62. The zero-order valence-electron chi connectivity index (χ0n) is 10.3. The van der Waals surface area contributed by atoms with E-state index >= 15 is 0 Å². The second-order valence-electron chi connectivity index (χ2n) is 4.19. The SMILES string of the molecule is CN(C)C=C(c1ccccc1[SiH3])N(C)C. The summed E-state index contributed by atoms with van der Waals surface area (Å²) in [4.78, 5) is 4.25. The molecular formula is C12H20N2Si. The second-order valence-corrected chi connectivity index (χ2v) is 5.26. The fraction of sp³-hybridized carbons (Fsp3) is 0.333. The molecule has 0 atom stereocenters. The molecule has 82 valence electrons. The van der Waals surface area contributed by atoms with E-state index in [1.807, 2.05) is 0 Å². The van der Waals surface area contributed by atoms with Crippen LogP contribution in [-0.4, -0.2) is 48.2 Å². The zero-order valence-corrected chi connectivity index (χ0v) is 12.3. The van der Waals surface area contributed by atoms with Gasteiger partial charge in [-0.1, -0.05) is 29.5 Å². The first-order chi connectivity index (χ1) is 7.02. The first-order valence-corrected chi connectivity index (χ1v) is 6.14. The van der Waals surface area contributed by atoms with Crippen molar-refractivity contribution in [1.29, 1.82) is 0 Å². The lowest BCUT2D eigenvalue weighted by molar-refractivity contribution is 0.531. The van der Waals surface area contributed by atoms with Gasteiger partial charge in [0.05, 0.1) is 5.70 Å². The molecule has 0 bridgehead atoms. The van der Waals surface area contributed by atoms with Gasteiger partial charge in [0.2, 0.25) is 0 Å². The van der Waals surface area contributed by atoms with Crippen LogP contribution in [0.5, 0.6) is 0 Å². The van der Waals surface area contributed by atoms with Crippen LogP contribution in [0.4, 0.5) is 0 Å². The maximum Gasteiger partial charge on any atom is 0.0594 e. The first-order valence-electron chi connectivity index (χ1n) is 5.14. The van der Waals surface area contributed by atoms with E-state index in [0.717, 1.165) is 10.2 Å². The fourth-order valence-corrected chi connectivity index (χ4v) is 2.15. The van der Waals surface area contributed by atoms with Crippen LogP contribution in [-0.2, 0) is 0 Å².